The lowest BCUT2D eigenvalue weighted by atomic mass is 10.1. The van der Waals surface area contributed by atoms with Crippen molar-refractivity contribution in [2.24, 2.45) is 0 Å². The molecule has 1 aliphatic rings. The van der Waals surface area contributed by atoms with E-state index in [2.05, 4.69) is 15.3 Å². The zero-order valence-corrected chi connectivity index (χ0v) is 13.8. The number of ether oxygens (including phenoxy) is 1. The van der Waals surface area contributed by atoms with Gasteiger partial charge < -0.3 is 10.1 Å². The lowest BCUT2D eigenvalue weighted by molar-refractivity contribution is -0.123. The Bertz CT molecular complexity index is 901. The highest BCUT2D eigenvalue weighted by Crippen LogP contribution is 2.38. The lowest BCUT2D eigenvalue weighted by Crippen LogP contribution is -2.28. The minimum atomic E-state index is -0.167. The van der Waals surface area contributed by atoms with E-state index in [0.29, 0.717) is 18.2 Å². The average molecular weight is 333 g/mol. The summed E-state index contributed by atoms with van der Waals surface area (Å²) in [5, 5.41) is 4.94. The molecule has 1 saturated carbocycles. The maximum absolute atomic E-state index is 12.1. The minimum Gasteiger partial charge on any atom is -0.483 e. The number of amides is 1. The SMILES string of the molecule is O=C(COc1cccc2ccccc12)NCc1cc(C2CC2)ncn1. The summed E-state index contributed by atoms with van der Waals surface area (Å²) in [5.41, 5.74) is 1.90. The van der Waals surface area contributed by atoms with Crippen molar-refractivity contribution in [3.8, 4) is 5.75 Å². The van der Waals surface area contributed by atoms with Crippen LogP contribution in [0.4, 0.5) is 0 Å². The van der Waals surface area contributed by atoms with Crippen molar-refractivity contribution in [2.75, 3.05) is 6.61 Å². The van der Waals surface area contributed by atoms with E-state index in [4.69, 9.17) is 4.74 Å². The number of fused-ring (bicyclic) bond motifs is 1. The maximum Gasteiger partial charge on any atom is 0.258 e. The molecule has 0 aliphatic heterocycles. The first-order valence-electron chi connectivity index (χ1n) is 8.48. The van der Waals surface area contributed by atoms with Gasteiger partial charge in [0.2, 0.25) is 0 Å². The molecule has 2 aromatic carbocycles. The van der Waals surface area contributed by atoms with Crippen LogP contribution in [0.15, 0.2) is 54.9 Å². The van der Waals surface area contributed by atoms with Crippen LogP contribution in [0.5, 0.6) is 5.75 Å². The van der Waals surface area contributed by atoms with Crippen LogP contribution in [0.3, 0.4) is 0 Å². The largest absolute Gasteiger partial charge is 0.483 e. The fraction of sp³-hybridized carbons (Fsp3) is 0.250. The molecule has 3 aromatic rings. The van der Waals surface area contributed by atoms with Crippen molar-refractivity contribution in [1.82, 2.24) is 15.3 Å². The van der Waals surface area contributed by atoms with E-state index in [9.17, 15) is 4.79 Å². The van der Waals surface area contributed by atoms with Crippen LogP contribution in [0.2, 0.25) is 0 Å². The standard InChI is InChI=1S/C20H19N3O2/c24-20(21-11-16-10-18(15-8-9-15)23-13-22-16)12-25-19-7-3-5-14-4-1-2-6-17(14)19/h1-7,10,13,15H,8-9,11-12H2,(H,21,24). The Morgan fingerprint density at radius 2 is 1.96 bits per heavy atom. The van der Waals surface area contributed by atoms with Gasteiger partial charge >= 0.3 is 0 Å². The van der Waals surface area contributed by atoms with Gasteiger partial charge in [0.15, 0.2) is 6.61 Å². The van der Waals surface area contributed by atoms with Crippen LogP contribution in [-0.2, 0) is 11.3 Å². The van der Waals surface area contributed by atoms with Crippen LogP contribution >= 0.6 is 0 Å². The van der Waals surface area contributed by atoms with Gasteiger partial charge in [-0.15, -0.1) is 0 Å². The minimum absolute atomic E-state index is 0.0193. The summed E-state index contributed by atoms with van der Waals surface area (Å²) in [5.74, 6) is 1.12. The quantitative estimate of drug-likeness (QED) is 0.752. The van der Waals surface area contributed by atoms with Crippen LogP contribution in [0.25, 0.3) is 10.8 Å². The number of hydrogen-bond donors (Lipinski definition) is 1. The van der Waals surface area contributed by atoms with Crippen molar-refractivity contribution in [2.45, 2.75) is 25.3 Å². The maximum atomic E-state index is 12.1. The summed E-state index contributed by atoms with van der Waals surface area (Å²) in [7, 11) is 0. The molecule has 4 rings (SSSR count). The Labute approximate surface area is 146 Å². The first-order chi connectivity index (χ1) is 12.3. The number of nitrogens with zero attached hydrogens (tertiary/aromatic N) is 2. The Hall–Kier alpha value is -2.95. The molecule has 1 heterocycles. The molecule has 5 heteroatoms. The number of benzene rings is 2. The van der Waals surface area contributed by atoms with Crippen LogP contribution in [0.1, 0.15) is 30.1 Å². The zero-order chi connectivity index (χ0) is 17.1. The van der Waals surface area contributed by atoms with E-state index in [0.717, 1.165) is 22.2 Å². The third kappa shape index (κ3) is 3.76. The normalized spacial score (nSPS) is 13.6. The molecule has 0 bridgehead atoms. The van der Waals surface area contributed by atoms with Crippen molar-refractivity contribution in [1.29, 1.82) is 0 Å². The molecule has 1 aromatic heterocycles. The fourth-order valence-electron chi connectivity index (χ4n) is 2.82. The zero-order valence-electron chi connectivity index (χ0n) is 13.8. The molecule has 0 radical (unpaired) electrons. The van der Waals surface area contributed by atoms with Crippen molar-refractivity contribution >= 4 is 16.7 Å². The summed E-state index contributed by atoms with van der Waals surface area (Å²) < 4.78 is 5.70. The third-order valence-electron chi connectivity index (χ3n) is 4.32. The van der Waals surface area contributed by atoms with Crippen molar-refractivity contribution in [3.05, 3.63) is 66.2 Å². The summed E-state index contributed by atoms with van der Waals surface area (Å²) >= 11 is 0. The van der Waals surface area contributed by atoms with Crippen LogP contribution in [0, 0.1) is 0 Å². The molecular formula is C20H19N3O2. The first kappa shape index (κ1) is 15.6. The van der Waals surface area contributed by atoms with Gasteiger partial charge in [0.05, 0.1) is 12.2 Å². The molecule has 0 saturated heterocycles. The van der Waals surface area contributed by atoms with E-state index in [1.165, 1.54) is 12.8 Å². The molecule has 1 fully saturated rings. The molecule has 0 unspecified atom stereocenters. The topological polar surface area (TPSA) is 64.1 Å². The monoisotopic (exact) mass is 333 g/mol. The van der Waals surface area contributed by atoms with Gasteiger partial charge in [-0.3, -0.25) is 4.79 Å². The second kappa shape index (κ2) is 6.89. The molecule has 25 heavy (non-hydrogen) atoms. The number of hydrogen-bond acceptors (Lipinski definition) is 4. The smallest absolute Gasteiger partial charge is 0.258 e. The van der Waals surface area contributed by atoms with Crippen molar-refractivity contribution in [3.63, 3.8) is 0 Å². The third-order valence-corrected chi connectivity index (χ3v) is 4.32. The van der Waals surface area contributed by atoms with Gasteiger partial charge in [0.1, 0.15) is 12.1 Å². The fourth-order valence-corrected chi connectivity index (χ4v) is 2.82. The Morgan fingerprint density at radius 1 is 1.12 bits per heavy atom. The van der Waals surface area contributed by atoms with Gasteiger partial charge in [-0.05, 0) is 30.4 Å². The lowest BCUT2D eigenvalue weighted by Gasteiger charge is -2.10. The second-order valence-electron chi connectivity index (χ2n) is 6.25. The van der Waals surface area contributed by atoms with Gasteiger partial charge in [0.25, 0.3) is 5.91 Å². The van der Waals surface area contributed by atoms with E-state index >= 15 is 0 Å². The molecular weight excluding hydrogens is 314 g/mol. The van der Waals surface area contributed by atoms with Gasteiger partial charge in [-0.2, -0.15) is 0 Å². The highest BCUT2D eigenvalue weighted by Gasteiger charge is 2.25. The van der Waals surface area contributed by atoms with Crippen molar-refractivity contribution < 1.29 is 9.53 Å². The van der Waals surface area contributed by atoms with Crippen LogP contribution < -0.4 is 10.1 Å². The Kier molecular flexibility index (Phi) is 4.29. The molecule has 1 N–H and O–H groups in total. The summed E-state index contributed by atoms with van der Waals surface area (Å²) in [6.07, 6.45) is 3.96. The van der Waals surface area contributed by atoms with Gasteiger partial charge in [0, 0.05) is 17.0 Å². The number of carbonyl (C=O) groups excluding carboxylic acids is 1. The molecule has 126 valence electrons. The van der Waals surface area contributed by atoms with Gasteiger partial charge in [-0.1, -0.05) is 36.4 Å². The summed E-state index contributed by atoms with van der Waals surface area (Å²) in [6.45, 7) is 0.370. The molecule has 1 aliphatic carbocycles. The number of nitrogens with one attached hydrogen (secondary N) is 1. The number of aromatic nitrogens is 2. The average Bonchev–Trinajstić information content (AvgIpc) is 3.50. The predicted molar refractivity (Wildman–Crippen MR) is 95.3 cm³/mol. The molecule has 1 amide bonds. The van der Waals surface area contributed by atoms with Gasteiger partial charge in [-0.25, -0.2) is 9.97 Å². The summed E-state index contributed by atoms with van der Waals surface area (Å²) in [4.78, 5) is 20.6. The summed E-state index contributed by atoms with van der Waals surface area (Å²) in [6, 6.07) is 15.8. The molecule has 5 nitrogen and oxygen atoms in total. The first-order valence-corrected chi connectivity index (χ1v) is 8.48. The van der Waals surface area contributed by atoms with Crippen LogP contribution in [-0.4, -0.2) is 22.5 Å². The molecule has 0 spiro atoms. The highest BCUT2D eigenvalue weighted by molar-refractivity contribution is 5.88. The Morgan fingerprint density at radius 3 is 2.84 bits per heavy atom. The predicted octanol–water partition coefficient (Wildman–Crippen LogP) is 3.20. The van der Waals surface area contributed by atoms with E-state index in [1.807, 2.05) is 48.5 Å². The van der Waals surface area contributed by atoms with E-state index in [-0.39, 0.29) is 12.5 Å². The number of rotatable bonds is 6. The molecule has 0 atom stereocenters. The second-order valence-corrected chi connectivity index (χ2v) is 6.25. The Balaban J connectivity index is 1.34. The van der Waals surface area contributed by atoms with E-state index < -0.39 is 0 Å². The number of carbonyl (C=O) groups is 1. The highest BCUT2D eigenvalue weighted by atomic mass is 16.5. The van der Waals surface area contributed by atoms with E-state index in [1.54, 1.807) is 6.33 Å².